The van der Waals surface area contributed by atoms with Gasteiger partial charge in [0, 0.05) is 83.1 Å². The number of imidazole rings is 2. The smallest absolute Gasteiger partial charge is 0.160 e. The van der Waals surface area contributed by atoms with Gasteiger partial charge in [-0.05, 0) is 134 Å². The molecule has 3 aliphatic rings. The van der Waals surface area contributed by atoms with Crippen LogP contribution in [0.1, 0.15) is 105 Å². The lowest BCUT2D eigenvalue weighted by Gasteiger charge is -2.19. The van der Waals surface area contributed by atoms with Crippen molar-refractivity contribution in [3.63, 3.8) is 0 Å². The Balaban J connectivity index is 0.994. The number of hydrogen-bond acceptors (Lipinski definition) is 8. The lowest BCUT2D eigenvalue weighted by Crippen LogP contribution is -2.21. The first-order valence-corrected chi connectivity index (χ1v) is 21.2. The third-order valence-electron chi connectivity index (χ3n) is 12.9. The number of hydrogen-bond donors (Lipinski definition) is 0. The zero-order valence-electron chi connectivity index (χ0n) is 34.2. The minimum Gasteiger partial charge on any atom is -0.356 e. The Labute approximate surface area is 343 Å². The summed E-state index contributed by atoms with van der Waals surface area (Å²) in [6.45, 7) is 15.1. The molecule has 3 atom stereocenters. The van der Waals surface area contributed by atoms with Gasteiger partial charge in [-0.3, -0.25) is 24.3 Å². The van der Waals surface area contributed by atoms with Crippen molar-refractivity contribution in [3.05, 3.63) is 123 Å². The minimum atomic E-state index is 0.234. The molecule has 0 amide bonds. The molecule has 0 spiro atoms. The van der Waals surface area contributed by atoms with E-state index in [0.29, 0.717) is 10.9 Å². The monoisotopic (exact) mass is 788 g/mol. The zero-order valence-corrected chi connectivity index (χ0v) is 35.0. The van der Waals surface area contributed by atoms with E-state index in [4.69, 9.17) is 41.5 Å². The van der Waals surface area contributed by atoms with Crippen LogP contribution in [0.2, 0.25) is 5.02 Å². The Morgan fingerprint density at radius 2 is 1.60 bits per heavy atom. The first kappa shape index (κ1) is 36.8. The van der Waals surface area contributed by atoms with Crippen LogP contribution in [0.5, 0.6) is 0 Å². The number of rotatable bonds is 9. The van der Waals surface area contributed by atoms with Crippen LogP contribution in [0.3, 0.4) is 0 Å². The van der Waals surface area contributed by atoms with E-state index >= 15 is 0 Å². The fourth-order valence-electron chi connectivity index (χ4n) is 9.51. The molecular weight excluding hydrogens is 740 g/mol. The number of halogens is 1. The van der Waals surface area contributed by atoms with Crippen LogP contribution in [0, 0.1) is 19.8 Å². The third-order valence-corrected chi connectivity index (χ3v) is 13.2. The van der Waals surface area contributed by atoms with Crippen molar-refractivity contribution >= 4 is 56.4 Å². The van der Waals surface area contributed by atoms with Gasteiger partial charge in [0.1, 0.15) is 17.0 Å². The Hall–Kier alpha value is -5.48. The van der Waals surface area contributed by atoms with Gasteiger partial charge in [0.15, 0.2) is 5.65 Å². The average molecular weight is 789 g/mol. The molecular formula is C47H49ClN10. The molecule has 1 saturated heterocycles. The molecule has 2 aliphatic heterocycles. The Morgan fingerprint density at radius 3 is 2.45 bits per heavy atom. The van der Waals surface area contributed by atoms with Crippen LogP contribution in [0.25, 0.3) is 33.2 Å². The largest absolute Gasteiger partial charge is 0.356 e. The van der Waals surface area contributed by atoms with Crippen molar-refractivity contribution in [2.45, 2.75) is 98.3 Å². The standard InChI is InChI=1S/C47H49ClN10/c1-26-22-27(2)51-37(30(5)29(26)4)15-16-40-47(56-19-7-8-20-56)57-21-18-50-43(46(57)55-40)35-24-34(35)42-25-41-33(10-9-17-49-41)45-54-38(31(6)58(42)45)13-11-32-12-14-39-44(53-32)36(48)23-28(3)52-39/h9-10,12,14,17-18,21-23,25,29,34-35H,7-8,11,13,15-16,19-20,24H2,1-6H3. The number of aliphatic imine (C=N–C) groups is 1. The highest BCUT2D eigenvalue weighted by Gasteiger charge is 2.44. The molecule has 7 aromatic heterocycles. The lowest BCUT2D eigenvalue weighted by molar-refractivity contribution is 0.764. The zero-order chi connectivity index (χ0) is 39.8. The summed E-state index contributed by atoms with van der Waals surface area (Å²) in [7, 11) is 0. The van der Waals surface area contributed by atoms with E-state index < -0.39 is 0 Å². The number of aryl methyl sites for hydroxylation is 5. The van der Waals surface area contributed by atoms with Crippen molar-refractivity contribution in [1.29, 1.82) is 0 Å². The van der Waals surface area contributed by atoms with Gasteiger partial charge < -0.3 is 9.30 Å². The van der Waals surface area contributed by atoms with E-state index in [0.717, 1.165) is 118 Å². The molecule has 0 aromatic carbocycles. The molecule has 11 heteroatoms. The van der Waals surface area contributed by atoms with Gasteiger partial charge in [-0.1, -0.05) is 24.1 Å². The summed E-state index contributed by atoms with van der Waals surface area (Å²) in [5.41, 5.74) is 17.0. The molecule has 2 fully saturated rings. The van der Waals surface area contributed by atoms with Crippen LogP contribution < -0.4 is 4.90 Å². The Kier molecular flexibility index (Phi) is 9.15. The minimum absolute atomic E-state index is 0.234. The third kappa shape index (κ3) is 6.36. The number of aromatic nitrogens is 8. The quantitative estimate of drug-likeness (QED) is 0.144. The number of nitrogens with zero attached hydrogens (tertiary/aromatic N) is 10. The predicted molar refractivity (Wildman–Crippen MR) is 234 cm³/mol. The van der Waals surface area contributed by atoms with E-state index in [1.165, 1.54) is 41.2 Å². The first-order valence-electron chi connectivity index (χ1n) is 20.8. The van der Waals surface area contributed by atoms with Gasteiger partial charge in [0.2, 0.25) is 0 Å². The van der Waals surface area contributed by atoms with Gasteiger partial charge in [-0.25, -0.2) is 15.0 Å². The molecule has 0 bridgehead atoms. The summed E-state index contributed by atoms with van der Waals surface area (Å²) >= 11 is 6.59. The molecule has 58 heavy (non-hydrogen) atoms. The molecule has 10 rings (SSSR count). The van der Waals surface area contributed by atoms with Gasteiger partial charge in [-0.2, -0.15) is 0 Å². The molecule has 0 N–H and O–H groups in total. The van der Waals surface area contributed by atoms with E-state index in [2.05, 4.69) is 83.8 Å². The molecule has 1 aliphatic carbocycles. The van der Waals surface area contributed by atoms with Gasteiger partial charge in [0.05, 0.1) is 33.1 Å². The molecule has 9 heterocycles. The Morgan fingerprint density at radius 1 is 0.793 bits per heavy atom. The summed E-state index contributed by atoms with van der Waals surface area (Å²) in [6, 6.07) is 12.4. The van der Waals surface area contributed by atoms with Crippen LogP contribution in [-0.4, -0.2) is 57.5 Å². The highest BCUT2D eigenvalue weighted by molar-refractivity contribution is 6.34. The maximum atomic E-state index is 6.59. The van der Waals surface area contributed by atoms with Crippen molar-refractivity contribution < 1.29 is 0 Å². The maximum Gasteiger partial charge on any atom is 0.160 e. The maximum absolute atomic E-state index is 6.59. The Bertz CT molecular complexity index is 2890. The number of allylic oxidation sites excluding steroid dienone is 4. The molecule has 7 aromatic rings. The summed E-state index contributed by atoms with van der Waals surface area (Å²) in [6.07, 6.45) is 14.8. The lowest BCUT2D eigenvalue weighted by atomic mass is 9.92. The van der Waals surface area contributed by atoms with E-state index in [-0.39, 0.29) is 11.8 Å². The van der Waals surface area contributed by atoms with Gasteiger partial charge >= 0.3 is 0 Å². The van der Waals surface area contributed by atoms with Gasteiger partial charge in [-0.15, -0.1) is 0 Å². The second-order valence-electron chi connectivity index (χ2n) is 16.7. The average Bonchev–Trinajstić information content (AvgIpc) is 3.49. The molecule has 294 valence electrons. The fraction of sp³-hybridized carbons (Fsp3) is 0.383. The number of fused-ring (bicyclic) bond motifs is 5. The second-order valence-corrected chi connectivity index (χ2v) is 17.2. The summed E-state index contributed by atoms with van der Waals surface area (Å²) in [5, 5.41) is 1.69. The topological polar surface area (TPSA) is 102 Å². The van der Waals surface area contributed by atoms with E-state index in [9.17, 15) is 0 Å². The summed E-state index contributed by atoms with van der Waals surface area (Å²) in [5.74, 6) is 2.11. The predicted octanol–water partition coefficient (Wildman–Crippen LogP) is 10.1. The van der Waals surface area contributed by atoms with Crippen LogP contribution in [0.15, 0.2) is 82.9 Å². The van der Waals surface area contributed by atoms with E-state index in [1.807, 2.05) is 37.5 Å². The van der Waals surface area contributed by atoms with Gasteiger partial charge in [0.25, 0.3) is 0 Å². The van der Waals surface area contributed by atoms with Crippen molar-refractivity contribution in [2.75, 3.05) is 18.0 Å². The highest BCUT2D eigenvalue weighted by atomic mass is 35.5. The summed E-state index contributed by atoms with van der Waals surface area (Å²) < 4.78 is 4.72. The highest BCUT2D eigenvalue weighted by Crippen LogP contribution is 2.55. The SMILES string of the molecule is CC1=CC(C)=NC(CCc2nc3c(C4CC4c4cc5ncccc5c5nc(CCc6ccc7nc(C)cc(Cl)c7n6)c(C)n45)nccn3c2N2CCCC2)=C(C)C1C. The molecule has 10 nitrogen and oxygen atoms in total. The normalized spacial score (nSPS) is 19.8. The molecule has 0 radical (unpaired) electrons. The fourth-order valence-corrected chi connectivity index (χ4v) is 9.81. The van der Waals surface area contributed by atoms with Crippen molar-refractivity contribution in [2.24, 2.45) is 10.9 Å². The number of anilines is 1. The number of pyridine rings is 4. The van der Waals surface area contributed by atoms with Crippen LogP contribution in [-0.2, 0) is 19.3 Å². The van der Waals surface area contributed by atoms with Crippen molar-refractivity contribution in [3.8, 4) is 0 Å². The van der Waals surface area contributed by atoms with E-state index in [1.54, 1.807) is 0 Å². The van der Waals surface area contributed by atoms with Crippen LogP contribution in [0.4, 0.5) is 5.82 Å². The first-order chi connectivity index (χ1) is 28.1. The van der Waals surface area contributed by atoms with Crippen molar-refractivity contribution in [1.82, 2.24) is 38.7 Å². The second kappa shape index (κ2) is 14.4. The molecule has 1 saturated carbocycles. The summed E-state index contributed by atoms with van der Waals surface area (Å²) in [4.78, 5) is 37.9. The molecule has 3 unspecified atom stereocenters. The van der Waals surface area contributed by atoms with Crippen LogP contribution >= 0.6 is 11.6 Å².